The van der Waals surface area contributed by atoms with Crippen molar-refractivity contribution < 1.29 is 19.0 Å². The van der Waals surface area contributed by atoms with Gasteiger partial charge in [0, 0.05) is 19.3 Å². The number of aromatic nitrogens is 2. The molecule has 4 rings (SSSR count). The summed E-state index contributed by atoms with van der Waals surface area (Å²) in [5.41, 5.74) is 2.99. The van der Waals surface area contributed by atoms with Crippen molar-refractivity contribution in [2.45, 2.75) is 20.0 Å². The van der Waals surface area contributed by atoms with Crippen molar-refractivity contribution >= 4 is 11.9 Å². The third-order valence-corrected chi connectivity index (χ3v) is 4.70. The lowest BCUT2D eigenvalue weighted by Gasteiger charge is -2.10. The van der Waals surface area contributed by atoms with Gasteiger partial charge in [-0.25, -0.2) is 9.97 Å². The molecule has 2 heterocycles. The van der Waals surface area contributed by atoms with E-state index in [1.807, 2.05) is 42.5 Å². The molecule has 0 bridgehead atoms. The first-order valence-corrected chi connectivity index (χ1v) is 9.49. The molecule has 0 spiro atoms. The number of nitrogens with one attached hydrogen (secondary N) is 2. The van der Waals surface area contributed by atoms with E-state index in [1.54, 1.807) is 14.0 Å². The summed E-state index contributed by atoms with van der Waals surface area (Å²) in [4.78, 5) is 21.2. The second-order valence-electron chi connectivity index (χ2n) is 6.77. The fraction of sp³-hybridized carbons (Fsp3) is 0.227. The lowest BCUT2D eigenvalue weighted by molar-refractivity contribution is 0.0949. The van der Waals surface area contributed by atoms with E-state index in [1.165, 1.54) is 6.20 Å². The highest BCUT2D eigenvalue weighted by Crippen LogP contribution is 2.32. The molecule has 30 heavy (non-hydrogen) atoms. The number of anilines is 1. The molecule has 0 aliphatic carbocycles. The van der Waals surface area contributed by atoms with E-state index in [2.05, 4.69) is 20.6 Å². The number of nitrogens with zero attached hydrogens (tertiary/aromatic N) is 2. The molecule has 154 valence electrons. The first-order valence-electron chi connectivity index (χ1n) is 9.49. The standard InChI is InChI=1S/C22H22N4O4/c1-14-18(21(27)23-10-16-6-7-19-20(9-16)30-13-29-19)12-25-22(26-14)24-11-15-4-3-5-17(8-15)28-2/h3-9,12H,10-11,13H2,1-2H3,(H,23,27)(H,24,25,26). The summed E-state index contributed by atoms with van der Waals surface area (Å²) in [6.45, 7) is 2.92. The second-order valence-corrected chi connectivity index (χ2v) is 6.77. The first-order chi connectivity index (χ1) is 14.6. The van der Waals surface area contributed by atoms with Gasteiger partial charge in [0.1, 0.15) is 5.75 Å². The van der Waals surface area contributed by atoms with Gasteiger partial charge in [-0.05, 0) is 42.3 Å². The molecule has 3 aromatic rings. The quantitative estimate of drug-likeness (QED) is 0.623. The molecule has 0 fully saturated rings. The van der Waals surface area contributed by atoms with Crippen LogP contribution in [0.25, 0.3) is 0 Å². The fourth-order valence-corrected chi connectivity index (χ4v) is 3.07. The first kappa shape index (κ1) is 19.5. The van der Waals surface area contributed by atoms with Crippen LogP contribution in [-0.4, -0.2) is 29.8 Å². The minimum Gasteiger partial charge on any atom is -0.497 e. The average molecular weight is 406 g/mol. The van der Waals surface area contributed by atoms with E-state index in [0.717, 1.165) is 16.9 Å². The number of hydrogen-bond donors (Lipinski definition) is 2. The summed E-state index contributed by atoms with van der Waals surface area (Å²) >= 11 is 0. The van der Waals surface area contributed by atoms with Crippen LogP contribution >= 0.6 is 0 Å². The van der Waals surface area contributed by atoms with Crippen molar-refractivity contribution in [2.75, 3.05) is 19.2 Å². The van der Waals surface area contributed by atoms with Crippen molar-refractivity contribution in [3.63, 3.8) is 0 Å². The van der Waals surface area contributed by atoms with Crippen LogP contribution in [0.2, 0.25) is 0 Å². The molecule has 0 saturated carbocycles. The van der Waals surface area contributed by atoms with Crippen LogP contribution < -0.4 is 24.8 Å². The number of benzene rings is 2. The van der Waals surface area contributed by atoms with Gasteiger partial charge in [0.25, 0.3) is 5.91 Å². The third kappa shape index (κ3) is 4.43. The molecule has 8 nitrogen and oxygen atoms in total. The highest BCUT2D eigenvalue weighted by atomic mass is 16.7. The zero-order chi connectivity index (χ0) is 20.9. The van der Waals surface area contributed by atoms with Crippen molar-refractivity contribution in [3.8, 4) is 17.2 Å². The van der Waals surface area contributed by atoms with E-state index in [-0.39, 0.29) is 12.7 Å². The number of rotatable bonds is 7. The Balaban J connectivity index is 1.35. The van der Waals surface area contributed by atoms with Crippen molar-refractivity contribution in [3.05, 3.63) is 71.0 Å². The molecule has 8 heteroatoms. The van der Waals surface area contributed by atoms with Gasteiger partial charge in [-0.2, -0.15) is 0 Å². The summed E-state index contributed by atoms with van der Waals surface area (Å²) in [5.74, 6) is 2.42. The Labute approximate surface area is 174 Å². The van der Waals surface area contributed by atoms with E-state index in [0.29, 0.717) is 41.8 Å². The summed E-state index contributed by atoms with van der Waals surface area (Å²) in [5, 5.41) is 6.05. The van der Waals surface area contributed by atoms with Gasteiger partial charge >= 0.3 is 0 Å². The van der Waals surface area contributed by atoms with Gasteiger partial charge in [-0.15, -0.1) is 0 Å². The van der Waals surface area contributed by atoms with Crippen molar-refractivity contribution in [2.24, 2.45) is 0 Å². The number of fused-ring (bicyclic) bond motifs is 1. The maximum absolute atomic E-state index is 12.6. The molecular formula is C22H22N4O4. The molecular weight excluding hydrogens is 384 g/mol. The minimum absolute atomic E-state index is 0.222. The Morgan fingerprint density at radius 2 is 1.93 bits per heavy atom. The maximum atomic E-state index is 12.6. The Morgan fingerprint density at radius 1 is 1.10 bits per heavy atom. The molecule has 0 unspecified atom stereocenters. The molecule has 0 radical (unpaired) electrons. The van der Waals surface area contributed by atoms with Crippen LogP contribution in [-0.2, 0) is 13.1 Å². The van der Waals surface area contributed by atoms with Crippen LogP contribution in [0.3, 0.4) is 0 Å². The van der Waals surface area contributed by atoms with Crippen LogP contribution in [0, 0.1) is 6.92 Å². The van der Waals surface area contributed by atoms with Gasteiger partial charge in [0.05, 0.1) is 18.4 Å². The molecule has 0 atom stereocenters. The predicted octanol–water partition coefficient (Wildman–Crippen LogP) is 3.06. The van der Waals surface area contributed by atoms with Crippen LogP contribution in [0.5, 0.6) is 17.2 Å². The normalized spacial score (nSPS) is 11.8. The van der Waals surface area contributed by atoms with E-state index in [4.69, 9.17) is 14.2 Å². The Morgan fingerprint density at radius 3 is 2.77 bits per heavy atom. The topological polar surface area (TPSA) is 94.6 Å². The molecule has 2 N–H and O–H groups in total. The monoisotopic (exact) mass is 406 g/mol. The van der Waals surface area contributed by atoms with E-state index < -0.39 is 0 Å². The third-order valence-electron chi connectivity index (χ3n) is 4.70. The second kappa shape index (κ2) is 8.69. The maximum Gasteiger partial charge on any atom is 0.254 e. The lowest BCUT2D eigenvalue weighted by atomic mass is 10.2. The molecule has 1 amide bonds. The van der Waals surface area contributed by atoms with E-state index >= 15 is 0 Å². The summed E-state index contributed by atoms with van der Waals surface area (Å²) < 4.78 is 15.9. The smallest absolute Gasteiger partial charge is 0.254 e. The van der Waals surface area contributed by atoms with Gasteiger partial charge in [0.2, 0.25) is 12.7 Å². The number of carbonyl (C=O) groups excluding carboxylic acids is 1. The Hall–Kier alpha value is -3.81. The molecule has 1 aliphatic rings. The summed E-state index contributed by atoms with van der Waals surface area (Å²) in [6, 6.07) is 13.3. The van der Waals surface area contributed by atoms with Gasteiger partial charge in [-0.3, -0.25) is 4.79 Å². The highest BCUT2D eigenvalue weighted by Gasteiger charge is 2.15. The van der Waals surface area contributed by atoms with Gasteiger partial charge < -0.3 is 24.8 Å². The van der Waals surface area contributed by atoms with Crippen molar-refractivity contribution in [1.82, 2.24) is 15.3 Å². The van der Waals surface area contributed by atoms with Gasteiger partial charge in [0.15, 0.2) is 11.5 Å². The number of hydrogen-bond acceptors (Lipinski definition) is 7. The van der Waals surface area contributed by atoms with Crippen LogP contribution in [0.1, 0.15) is 27.2 Å². The number of amides is 1. The summed E-state index contributed by atoms with van der Waals surface area (Å²) in [6.07, 6.45) is 1.53. The minimum atomic E-state index is -0.232. The van der Waals surface area contributed by atoms with Crippen molar-refractivity contribution in [1.29, 1.82) is 0 Å². The molecule has 1 aliphatic heterocycles. The zero-order valence-corrected chi connectivity index (χ0v) is 16.8. The molecule has 1 aromatic heterocycles. The van der Waals surface area contributed by atoms with Crippen LogP contribution in [0.15, 0.2) is 48.7 Å². The molecule has 0 saturated heterocycles. The predicted molar refractivity (Wildman–Crippen MR) is 111 cm³/mol. The lowest BCUT2D eigenvalue weighted by Crippen LogP contribution is -2.24. The van der Waals surface area contributed by atoms with Gasteiger partial charge in [-0.1, -0.05) is 18.2 Å². The zero-order valence-electron chi connectivity index (χ0n) is 16.8. The van der Waals surface area contributed by atoms with E-state index in [9.17, 15) is 4.79 Å². The average Bonchev–Trinajstić information content (AvgIpc) is 3.24. The number of methoxy groups -OCH3 is 1. The number of carbonyl (C=O) groups is 1. The van der Waals surface area contributed by atoms with Crippen LogP contribution in [0.4, 0.5) is 5.95 Å². The Bertz CT molecular complexity index is 1070. The Kier molecular flexibility index (Phi) is 5.65. The molecule has 2 aromatic carbocycles. The fourth-order valence-electron chi connectivity index (χ4n) is 3.07. The number of aryl methyl sites for hydroxylation is 1. The highest BCUT2D eigenvalue weighted by molar-refractivity contribution is 5.94. The SMILES string of the molecule is COc1cccc(CNc2ncc(C(=O)NCc3ccc4c(c3)OCO4)c(C)n2)c1. The largest absolute Gasteiger partial charge is 0.497 e. The number of ether oxygens (including phenoxy) is 3. The summed E-state index contributed by atoms with van der Waals surface area (Å²) in [7, 11) is 1.63.